The molecule has 5 heteroatoms. The molecule has 0 radical (unpaired) electrons. The van der Waals surface area contributed by atoms with E-state index in [0.717, 1.165) is 0 Å². The summed E-state index contributed by atoms with van der Waals surface area (Å²) in [6.07, 6.45) is 0.870. The molecule has 1 N–H and O–H groups in total. The van der Waals surface area contributed by atoms with Crippen molar-refractivity contribution < 1.29 is 14.6 Å². The number of aromatic nitrogens is 1. The Balaban J connectivity index is 2.63. The van der Waals surface area contributed by atoms with Crippen molar-refractivity contribution in [3.63, 3.8) is 0 Å². The second-order valence-corrected chi connectivity index (χ2v) is 4.42. The van der Waals surface area contributed by atoms with Gasteiger partial charge in [0.1, 0.15) is 0 Å². The summed E-state index contributed by atoms with van der Waals surface area (Å²) in [6.45, 7) is 5.26. The predicted octanol–water partition coefficient (Wildman–Crippen LogP) is 1.52. The lowest BCUT2D eigenvalue weighted by Crippen LogP contribution is -2.21. The quantitative estimate of drug-likeness (QED) is 0.750. The van der Waals surface area contributed by atoms with E-state index in [0.29, 0.717) is 31.7 Å². The highest BCUT2D eigenvalue weighted by molar-refractivity contribution is 5.20. The third-order valence-electron chi connectivity index (χ3n) is 2.45. The molecule has 102 valence electrons. The summed E-state index contributed by atoms with van der Waals surface area (Å²) in [5.41, 5.74) is 0.460. The maximum absolute atomic E-state index is 11.8. The molecule has 0 saturated heterocycles. The number of methoxy groups -OCH3 is 1. The monoisotopic (exact) mass is 255 g/mol. The van der Waals surface area contributed by atoms with Crippen molar-refractivity contribution in [1.29, 1.82) is 0 Å². The number of hydrogen-bond acceptors (Lipinski definition) is 4. The normalized spacial score (nSPS) is 11.1. The van der Waals surface area contributed by atoms with E-state index in [9.17, 15) is 9.90 Å². The molecule has 1 heterocycles. The van der Waals surface area contributed by atoms with Crippen molar-refractivity contribution in [2.24, 2.45) is 0 Å². The molecule has 0 atom stereocenters. The third-order valence-corrected chi connectivity index (χ3v) is 2.45. The van der Waals surface area contributed by atoms with Gasteiger partial charge in [0.15, 0.2) is 5.88 Å². The molecule has 0 aliphatic heterocycles. The molecule has 0 saturated carbocycles. The Morgan fingerprint density at radius 1 is 1.39 bits per heavy atom. The maximum Gasteiger partial charge on any atom is 0.253 e. The van der Waals surface area contributed by atoms with E-state index in [1.807, 2.05) is 13.8 Å². The number of nitrogens with zero attached hydrogens (tertiary/aromatic N) is 1. The highest BCUT2D eigenvalue weighted by atomic mass is 16.5. The van der Waals surface area contributed by atoms with Gasteiger partial charge in [-0.1, -0.05) is 0 Å². The van der Waals surface area contributed by atoms with Gasteiger partial charge in [0, 0.05) is 32.4 Å². The molecule has 0 aliphatic rings. The Morgan fingerprint density at radius 3 is 2.67 bits per heavy atom. The van der Waals surface area contributed by atoms with Crippen molar-refractivity contribution >= 4 is 0 Å². The predicted molar refractivity (Wildman–Crippen MR) is 68.8 cm³/mol. The molecule has 0 aliphatic carbocycles. The van der Waals surface area contributed by atoms with E-state index in [2.05, 4.69) is 0 Å². The third kappa shape index (κ3) is 4.50. The highest BCUT2D eigenvalue weighted by Crippen LogP contribution is 2.10. The summed E-state index contributed by atoms with van der Waals surface area (Å²) in [5, 5.41) is 9.77. The molecule has 0 bridgehead atoms. The van der Waals surface area contributed by atoms with E-state index in [1.54, 1.807) is 13.2 Å². The second-order valence-electron chi connectivity index (χ2n) is 4.42. The van der Waals surface area contributed by atoms with Crippen LogP contribution >= 0.6 is 0 Å². The van der Waals surface area contributed by atoms with Crippen LogP contribution in [-0.2, 0) is 22.6 Å². The molecule has 0 spiro atoms. The zero-order chi connectivity index (χ0) is 13.5. The first-order valence-electron chi connectivity index (χ1n) is 6.08. The average Bonchev–Trinajstić information content (AvgIpc) is 2.27. The van der Waals surface area contributed by atoms with Crippen LogP contribution in [0.5, 0.6) is 5.88 Å². The average molecular weight is 255 g/mol. The highest BCUT2D eigenvalue weighted by Gasteiger charge is 2.05. The van der Waals surface area contributed by atoms with E-state index in [1.165, 1.54) is 10.6 Å². The number of aromatic hydroxyl groups is 1. The van der Waals surface area contributed by atoms with Crippen LogP contribution in [0.3, 0.4) is 0 Å². The van der Waals surface area contributed by atoms with Gasteiger partial charge in [0.05, 0.1) is 12.7 Å². The van der Waals surface area contributed by atoms with Crippen LogP contribution in [0, 0.1) is 0 Å². The van der Waals surface area contributed by atoms with Crippen LogP contribution in [0.15, 0.2) is 16.9 Å². The van der Waals surface area contributed by atoms with Crippen LogP contribution in [0.1, 0.15) is 25.8 Å². The SMILES string of the molecule is COCc1cc(O)n(CCCOC(C)C)c(=O)c1. The largest absolute Gasteiger partial charge is 0.494 e. The number of hydrogen-bond donors (Lipinski definition) is 1. The van der Waals surface area contributed by atoms with E-state index in [-0.39, 0.29) is 17.5 Å². The summed E-state index contributed by atoms with van der Waals surface area (Å²) < 4.78 is 11.6. The molecule has 0 aromatic carbocycles. The van der Waals surface area contributed by atoms with Gasteiger partial charge in [-0.05, 0) is 25.8 Å². The van der Waals surface area contributed by atoms with Gasteiger partial charge in [-0.25, -0.2) is 0 Å². The lowest BCUT2D eigenvalue weighted by molar-refractivity contribution is 0.0744. The van der Waals surface area contributed by atoms with Gasteiger partial charge < -0.3 is 14.6 Å². The summed E-state index contributed by atoms with van der Waals surface area (Å²) >= 11 is 0. The van der Waals surface area contributed by atoms with Crippen LogP contribution in [-0.4, -0.2) is 29.5 Å². The van der Waals surface area contributed by atoms with Crippen molar-refractivity contribution in [3.05, 3.63) is 28.0 Å². The van der Waals surface area contributed by atoms with Crippen molar-refractivity contribution in [3.8, 4) is 5.88 Å². The van der Waals surface area contributed by atoms with Gasteiger partial charge in [0.2, 0.25) is 0 Å². The first-order valence-corrected chi connectivity index (χ1v) is 6.08. The van der Waals surface area contributed by atoms with Gasteiger partial charge >= 0.3 is 0 Å². The molecule has 1 rings (SSSR count). The van der Waals surface area contributed by atoms with Gasteiger partial charge in [0.25, 0.3) is 5.56 Å². The van der Waals surface area contributed by atoms with Crippen molar-refractivity contribution in [2.75, 3.05) is 13.7 Å². The maximum atomic E-state index is 11.8. The summed E-state index contributed by atoms with van der Waals surface area (Å²) in [6, 6.07) is 3.03. The lowest BCUT2D eigenvalue weighted by Gasteiger charge is -2.11. The topological polar surface area (TPSA) is 60.7 Å². The Labute approximate surface area is 107 Å². The Morgan fingerprint density at radius 2 is 2.11 bits per heavy atom. The summed E-state index contributed by atoms with van der Waals surface area (Å²) in [4.78, 5) is 11.8. The molecule has 0 amide bonds. The fraction of sp³-hybridized carbons (Fsp3) is 0.615. The van der Waals surface area contributed by atoms with Gasteiger partial charge in [-0.2, -0.15) is 0 Å². The standard InChI is InChI=1S/C13H21NO4/c1-10(2)18-6-4-5-14-12(15)7-11(9-17-3)8-13(14)16/h7-8,10,15H,4-6,9H2,1-3H3. The minimum absolute atomic E-state index is 0.0286. The molecule has 5 nitrogen and oxygen atoms in total. The molecule has 18 heavy (non-hydrogen) atoms. The Kier molecular flexibility index (Phi) is 5.88. The molecular formula is C13H21NO4. The van der Waals surface area contributed by atoms with Crippen LogP contribution in [0.2, 0.25) is 0 Å². The van der Waals surface area contributed by atoms with E-state index < -0.39 is 0 Å². The smallest absolute Gasteiger partial charge is 0.253 e. The second kappa shape index (κ2) is 7.18. The molecule has 0 unspecified atom stereocenters. The zero-order valence-electron chi connectivity index (χ0n) is 11.2. The lowest BCUT2D eigenvalue weighted by atomic mass is 10.2. The molecular weight excluding hydrogens is 234 g/mol. The van der Waals surface area contributed by atoms with Crippen LogP contribution in [0.25, 0.3) is 0 Å². The Bertz CT molecular complexity index is 425. The zero-order valence-corrected chi connectivity index (χ0v) is 11.2. The minimum atomic E-state index is -0.216. The summed E-state index contributed by atoms with van der Waals surface area (Å²) in [7, 11) is 1.55. The molecule has 1 aromatic rings. The van der Waals surface area contributed by atoms with Gasteiger partial charge in [-0.15, -0.1) is 0 Å². The fourth-order valence-corrected chi connectivity index (χ4v) is 1.65. The Hall–Kier alpha value is -1.33. The van der Waals surface area contributed by atoms with Crippen LogP contribution < -0.4 is 5.56 Å². The first-order chi connectivity index (χ1) is 8.54. The number of ether oxygens (including phenoxy) is 2. The molecule has 0 fully saturated rings. The van der Waals surface area contributed by atoms with Crippen molar-refractivity contribution in [2.45, 2.75) is 39.5 Å². The molecule has 1 aromatic heterocycles. The van der Waals surface area contributed by atoms with Crippen LogP contribution in [0.4, 0.5) is 0 Å². The van der Waals surface area contributed by atoms with Gasteiger partial charge in [-0.3, -0.25) is 9.36 Å². The number of rotatable bonds is 7. The van der Waals surface area contributed by atoms with Crippen molar-refractivity contribution in [1.82, 2.24) is 4.57 Å². The first kappa shape index (κ1) is 14.7. The van der Waals surface area contributed by atoms with E-state index >= 15 is 0 Å². The minimum Gasteiger partial charge on any atom is -0.494 e. The fourth-order valence-electron chi connectivity index (χ4n) is 1.65. The summed E-state index contributed by atoms with van der Waals surface area (Å²) in [5.74, 6) is -0.0286. The van der Waals surface area contributed by atoms with E-state index in [4.69, 9.17) is 9.47 Å². The number of pyridine rings is 1.